The van der Waals surface area contributed by atoms with Crippen LogP contribution in [0.2, 0.25) is 5.15 Å². The molecule has 1 aliphatic rings. The number of likely N-dealkylation sites (tertiary alicyclic amines) is 1. The number of anilines is 1. The average molecular weight is 418 g/mol. The summed E-state index contributed by atoms with van der Waals surface area (Å²) in [6.07, 6.45) is 4.92. The molecule has 10 heteroatoms. The van der Waals surface area contributed by atoms with Crippen LogP contribution in [0.3, 0.4) is 0 Å². The van der Waals surface area contributed by atoms with Gasteiger partial charge in [-0.3, -0.25) is 9.59 Å². The largest absolute Gasteiger partial charge is 0.383 e. The standard InChI is InChI=1S/C19H24ClN7O2/c1-12-24-17(20)14(18(21)25-12)5-4-13-6-9-27(10-7-13)16(28)11-22-19(29)15-3-2-8-23-26-15/h2-3,8,13H,4-7,9-11H2,1H3,(H,22,29)(H2,21,24,25). The molecule has 0 saturated carbocycles. The first-order valence-electron chi connectivity index (χ1n) is 9.56. The van der Waals surface area contributed by atoms with Gasteiger partial charge in [0.1, 0.15) is 16.8 Å². The summed E-state index contributed by atoms with van der Waals surface area (Å²) in [6, 6.07) is 3.18. The smallest absolute Gasteiger partial charge is 0.272 e. The van der Waals surface area contributed by atoms with Gasteiger partial charge in [0.05, 0.1) is 6.54 Å². The number of carbonyl (C=O) groups excluding carboxylic acids is 2. The van der Waals surface area contributed by atoms with Crippen LogP contribution in [-0.4, -0.2) is 56.5 Å². The highest BCUT2D eigenvalue weighted by molar-refractivity contribution is 6.30. The van der Waals surface area contributed by atoms with Crippen LogP contribution in [0.15, 0.2) is 18.3 Å². The fourth-order valence-corrected chi connectivity index (χ4v) is 3.73. The van der Waals surface area contributed by atoms with Crippen LogP contribution >= 0.6 is 11.6 Å². The molecule has 29 heavy (non-hydrogen) atoms. The number of nitrogens with zero attached hydrogens (tertiary/aromatic N) is 5. The van der Waals surface area contributed by atoms with Crippen LogP contribution in [0, 0.1) is 12.8 Å². The highest BCUT2D eigenvalue weighted by Gasteiger charge is 2.24. The lowest BCUT2D eigenvalue weighted by Gasteiger charge is -2.32. The molecule has 0 aromatic carbocycles. The van der Waals surface area contributed by atoms with Crippen LogP contribution in [-0.2, 0) is 11.2 Å². The maximum absolute atomic E-state index is 12.4. The summed E-state index contributed by atoms with van der Waals surface area (Å²) >= 11 is 6.19. The maximum atomic E-state index is 12.4. The molecule has 0 atom stereocenters. The average Bonchev–Trinajstić information content (AvgIpc) is 2.72. The summed E-state index contributed by atoms with van der Waals surface area (Å²) in [6.45, 7) is 3.04. The Morgan fingerprint density at radius 3 is 2.72 bits per heavy atom. The van der Waals surface area contributed by atoms with Crippen molar-refractivity contribution in [1.29, 1.82) is 0 Å². The number of rotatable bonds is 6. The van der Waals surface area contributed by atoms with E-state index in [1.807, 2.05) is 0 Å². The van der Waals surface area contributed by atoms with E-state index in [4.69, 9.17) is 17.3 Å². The van der Waals surface area contributed by atoms with Gasteiger partial charge in [0.15, 0.2) is 5.69 Å². The van der Waals surface area contributed by atoms with Gasteiger partial charge in [0.2, 0.25) is 5.91 Å². The van der Waals surface area contributed by atoms with E-state index in [-0.39, 0.29) is 18.1 Å². The summed E-state index contributed by atoms with van der Waals surface area (Å²) in [7, 11) is 0. The number of nitrogens with two attached hydrogens (primary N) is 1. The van der Waals surface area contributed by atoms with Crippen molar-refractivity contribution in [2.45, 2.75) is 32.6 Å². The molecule has 2 aromatic heterocycles. The SMILES string of the molecule is Cc1nc(N)c(CCC2CCN(C(=O)CNC(=O)c3cccnn3)CC2)c(Cl)n1. The Kier molecular flexibility index (Phi) is 6.92. The van der Waals surface area contributed by atoms with E-state index in [1.54, 1.807) is 24.0 Å². The molecule has 1 saturated heterocycles. The molecule has 3 heterocycles. The summed E-state index contributed by atoms with van der Waals surface area (Å²) in [4.78, 5) is 34.5. The number of piperidine rings is 1. The number of carbonyl (C=O) groups is 2. The highest BCUT2D eigenvalue weighted by Crippen LogP contribution is 2.26. The maximum Gasteiger partial charge on any atom is 0.272 e. The van der Waals surface area contributed by atoms with Gasteiger partial charge in [-0.15, -0.1) is 5.10 Å². The van der Waals surface area contributed by atoms with Crippen molar-refractivity contribution in [3.8, 4) is 0 Å². The molecule has 3 N–H and O–H groups in total. The van der Waals surface area contributed by atoms with E-state index in [1.165, 1.54) is 6.20 Å². The summed E-state index contributed by atoms with van der Waals surface area (Å²) in [5.41, 5.74) is 6.95. The van der Waals surface area contributed by atoms with Gasteiger partial charge < -0.3 is 16.0 Å². The number of nitrogens with one attached hydrogen (secondary N) is 1. The van der Waals surface area contributed by atoms with Crippen LogP contribution < -0.4 is 11.1 Å². The summed E-state index contributed by atoms with van der Waals surface area (Å²) < 4.78 is 0. The lowest BCUT2D eigenvalue weighted by Crippen LogP contribution is -2.44. The molecular formula is C19H24ClN7O2. The Bertz CT molecular complexity index is 847. The molecule has 0 bridgehead atoms. The van der Waals surface area contributed by atoms with Crippen molar-refractivity contribution in [1.82, 2.24) is 30.4 Å². The second-order valence-corrected chi connectivity index (χ2v) is 7.44. The molecule has 3 rings (SSSR count). The second-order valence-electron chi connectivity index (χ2n) is 7.08. The normalized spacial score (nSPS) is 14.6. The zero-order valence-corrected chi connectivity index (χ0v) is 17.0. The summed E-state index contributed by atoms with van der Waals surface area (Å²) in [5, 5.41) is 10.4. The molecule has 154 valence electrons. The number of hydrogen-bond acceptors (Lipinski definition) is 7. The fraction of sp³-hybridized carbons (Fsp3) is 0.474. The summed E-state index contributed by atoms with van der Waals surface area (Å²) in [5.74, 6) is 0.976. The van der Waals surface area contributed by atoms with Gasteiger partial charge in [0, 0.05) is 24.8 Å². The number of amides is 2. The van der Waals surface area contributed by atoms with Crippen LogP contribution in [0.1, 0.15) is 41.1 Å². The van der Waals surface area contributed by atoms with Crippen LogP contribution in [0.4, 0.5) is 5.82 Å². The minimum absolute atomic E-state index is 0.0487. The van der Waals surface area contributed by atoms with E-state index in [9.17, 15) is 9.59 Å². The van der Waals surface area contributed by atoms with E-state index in [2.05, 4.69) is 25.5 Å². The van der Waals surface area contributed by atoms with Crippen molar-refractivity contribution < 1.29 is 9.59 Å². The Labute approximate surface area is 174 Å². The van der Waals surface area contributed by atoms with E-state index in [0.29, 0.717) is 35.8 Å². The zero-order chi connectivity index (χ0) is 20.8. The Morgan fingerprint density at radius 1 is 1.31 bits per heavy atom. The second kappa shape index (κ2) is 9.60. The van der Waals surface area contributed by atoms with Crippen LogP contribution in [0.5, 0.6) is 0 Å². The lowest BCUT2D eigenvalue weighted by atomic mass is 9.91. The first-order valence-corrected chi connectivity index (χ1v) is 9.94. The van der Waals surface area contributed by atoms with Gasteiger partial charge in [-0.05, 0) is 50.7 Å². The molecule has 9 nitrogen and oxygen atoms in total. The molecule has 1 fully saturated rings. The minimum Gasteiger partial charge on any atom is -0.383 e. The van der Waals surface area contributed by atoms with Gasteiger partial charge >= 0.3 is 0 Å². The van der Waals surface area contributed by atoms with Gasteiger partial charge in [-0.2, -0.15) is 5.10 Å². The van der Waals surface area contributed by atoms with Crippen molar-refractivity contribution in [3.05, 3.63) is 40.6 Å². The Balaban J connectivity index is 1.42. The Morgan fingerprint density at radius 2 is 2.07 bits per heavy atom. The van der Waals surface area contributed by atoms with Gasteiger partial charge in [0.25, 0.3) is 5.91 Å². The molecular weight excluding hydrogens is 394 g/mol. The molecule has 2 amide bonds. The molecule has 0 radical (unpaired) electrons. The number of nitrogen functional groups attached to an aromatic ring is 1. The monoisotopic (exact) mass is 417 g/mol. The van der Waals surface area contributed by atoms with E-state index >= 15 is 0 Å². The van der Waals surface area contributed by atoms with Crippen LogP contribution in [0.25, 0.3) is 0 Å². The number of aryl methyl sites for hydroxylation is 1. The first kappa shape index (κ1) is 20.9. The fourth-order valence-electron chi connectivity index (χ4n) is 3.41. The van der Waals surface area contributed by atoms with Crippen molar-refractivity contribution in [3.63, 3.8) is 0 Å². The minimum atomic E-state index is -0.406. The molecule has 0 aliphatic carbocycles. The number of aromatic nitrogens is 4. The first-order chi connectivity index (χ1) is 13.9. The third kappa shape index (κ3) is 5.60. The zero-order valence-electron chi connectivity index (χ0n) is 16.3. The van der Waals surface area contributed by atoms with E-state index < -0.39 is 5.91 Å². The predicted molar refractivity (Wildman–Crippen MR) is 108 cm³/mol. The molecule has 1 aliphatic heterocycles. The van der Waals surface area contributed by atoms with Crippen molar-refractivity contribution in [2.24, 2.45) is 5.92 Å². The topological polar surface area (TPSA) is 127 Å². The molecule has 0 unspecified atom stereocenters. The quantitative estimate of drug-likeness (QED) is 0.680. The molecule has 2 aromatic rings. The number of hydrogen-bond donors (Lipinski definition) is 2. The van der Waals surface area contributed by atoms with E-state index in [0.717, 1.165) is 31.2 Å². The lowest BCUT2D eigenvalue weighted by molar-refractivity contribution is -0.131. The third-order valence-corrected chi connectivity index (χ3v) is 5.39. The number of halogens is 1. The Hall–Kier alpha value is -2.81. The van der Waals surface area contributed by atoms with Crippen molar-refractivity contribution in [2.75, 3.05) is 25.4 Å². The highest BCUT2D eigenvalue weighted by atomic mass is 35.5. The predicted octanol–water partition coefficient (Wildman–Crippen LogP) is 1.41. The van der Waals surface area contributed by atoms with Crippen molar-refractivity contribution >= 4 is 29.2 Å². The van der Waals surface area contributed by atoms with Gasteiger partial charge in [-0.25, -0.2) is 9.97 Å². The van der Waals surface area contributed by atoms with Gasteiger partial charge in [-0.1, -0.05) is 11.6 Å². The molecule has 0 spiro atoms. The third-order valence-electron chi connectivity index (χ3n) is 5.08.